The van der Waals surface area contributed by atoms with Crippen molar-refractivity contribution in [2.45, 2.75) is 116 Å². The Hall–Kier alpha value is -0.120. The molecule has 0 saturated carbocycles. The molecule has 5 atom stereocenters. The summed E-state index contributed by atoms with van der Waals surface area (Å²) >= 11 is 0. The van der Waals surface area contributed by atoms with Gasteiger partial charge < -0.3 is 0 Å². The lowest BCUT2D eigenvalue weighted by atomic mass is 9.74. The van der Waals surface area contributed by atoms with Crippen molar-refractivity contribution in [3.63, 3.8) is 0 Å². The van der Waals surface area contributed by atoms with Gasteiger partial charge in [-0.2, -0.15) is 0 Å². The highest BCUT2D eigenvalue weighted by Crippen LogP contribution is 2.42. The molecule has 0 bridgehead atoms. The molecule has 3 rings (SSSR count). The Morgan fingerprint density at radius 1 is 0.654 bits per heavy atom. The second-order valence-corrected chi connectivity index (χ2v) is 10.8. The first-order valence-electron chi connectivity index (χ1n) is 11.3. The number of nitrogens with zero attached hydrogens (tertiary/aromatic N) is 3. The van der Waals surface area contributed by atoms with Gasteiger partial charge in [-0.15, -0.1) is 0 Å². The van der Waals surface area contributed by atoms with Gasteiger partial charge in [-0.25, -0.2) is 0 Å². The Labute approximate surface area is 163 Å². The number of likely N-dealkylation sites (tertiary alicyclic amines) is 3. The minimum absolute atomic E-state index is 0.303. The van der Waals surface area contributed by atoms with Crippen LogP contribution >= 0.6 is 0 Å². The number of hydrogen-bond donors (Lipinski definition) is 0. The maximum atomic E-state index is 2.93. The molecule has 0 amide bonds. The first-order valence-corrected chi connectivity index (χ1v) is 11.3. The average Bonchev–Trinajstić information content (AvgIpc) is 2.59. The molecular weight excluding hydrogens is 318 g/mol. The topological polar surface area (TPSA) is 9.72 Å². The van der Waals surface area contributed by atoms with Crippen molar-refractivity contribution in [3.05, 3.63) is 0 Å². The Balaban J connectivity index is 1.82. The second-order valence-electron chi connectivity index (χ2n) is 10.8. The van der Waals surface area contributed by atoms with Gasteiger partial charge in [-0.3, -0.25) is 14.7 Å². The van der Waals surface area contributed by atoms with E-state index in [0.717, 1.165) is 23.9 Å². The van der Waals surface area contributed by atoms with Crippen LogP contribution in [-0.4, -0.2) is 64.7 Å². The molecule has 3 aliphatic heterocycles. The van der Waals surface area contributed by atoms with E-state index >= 15 is 0 Å². The van der Waals surface area contributed by atoms with Crippen molar-refractivity contribution < 1.29 is 0 Å². The van der Waals surface area contributed by atoms with Crippen LogP contribution in [0.5, 0.6) is 0 Å². The summed E-state index contributed by atoms with van der Waals surface area (Å²) in [6.07, 6.45) is 10.3. The largest absolute Gasteiger partial charge is 0.296 e. The molecule has 0 N–H and O–H groups in total. The van der Waals surface area contributed by atoms with E-state index in [1.165, 1.54) is 51.5 Å². The zero-order valence-corrected chi connectivity index (χ0v) is 18.9. The van der Waals surface area contributed by atoms with E-state index in [9.17, 15) is 0 Å². The highest BCUT2D eigenvalue weighted by molar-refractivity contribution is 5.02. The quantitative estimate of drug-likeness (QED) is 0.696. The van der Waals surface area contributed by atoms with Gasteiger partial charge in [0, 0.05) is 23.2 Å². The lowest BCUT2D eigenvalue weighted by molar-refractivity contribution is -0.117. The molecular formula is C23H45N3. The van der Waals surface area contributed by atoms with Crippen LogP contribution in [0.1, 0.15) is 86.5 Å². The Morgan fingerprint density at radius 2 is 1.23 bits per heavy atom. The molecule has 3 fully saturated rings. The van der Waals surface area contributed by atoms with Gasteiger partial charge in [-0.1, -0.05) is 20.3 Å². The van der Waals surface area contributed by atoms with Crippen LogP contribution in [-0.2, 0) is 0 Å². The van der Waals surface area contributed by atoms with Crippen LogP contribution in [0.25, 0.3) is 0 Å². The summed E-state index contributed by atoms with van der Waals surface area (Å²) in [4.78, 5) is 8.40. The van der Waals surface area contributed by atoms with Gasteiger partial charge in [0.25, 0.3) is 0 Å². The van der Waals surface area contributed by atoms with Crippen molar-refractivity contribution in [1.82, 2.24) is 14.7 Å². The summed E-state index contributed by atoms with van der Waals surface area (Å²) in [7, 11) is 4.80. The Bertz CT molecular complexity index is 442. The molecule has 0 aromatic heterocycles. The zero-order chi connectivity index (χ0) is 19.3. The first-order chi connectivity index (χ1) is 12.1. The van der Waals surface area contributed by atoms with E-state index < -0.39 is 0 Å². The Kier molecular flexibility index (Phi) is 5.84. The van der Waals surface area contributed by atoms with E-state index in [0.29, 0.717) is 17.2 Å². The fourth-order valence-corrected chi connectivity index (χ4v) is 6.02. The van der Waals surface area contributed by atoms with Gasteiger partial charge in [0.1, 0.15) is 0 Å². The normalized spacial score (nSPS) is 42.7. The summed E-state index contributed by atoms with van der Waals surface area (Å²) in [5.74, 6) is 1.57. The first kappa shape index (κ1) is 20.6. The number of likely N-dealkylation sites (N-methyl/N-ethyl adjacent to an activating group) is 1. The van der Waals surface area contributed by atoms with Crippen LogP contribution in [0.3, 0.4) is 0 Å². The minimum Gasteiger partial charge on any atom is -0.296 e. The van der Waals surface area contributed by atoms with Gasteiger partial charge in [0.05, 0.1) is 6.17 Å². The van der Waals surface area contributed by atoms with E-state index in [1.54, 1.807) is 0 Å². The highest BCUT2D eigenvalue weighted by Gasteiger charge is 2.47. The van der Waals surface area contributed by atoms with Gasteiger partial charge >= 0.3 is 0 Å². The lowest BCUT2D eigenvalue weighted by Crippen LogP contribution is -2.68. The third-order valence-corrected chi connectivity index (χ3v) is 9.35. The summed E-state index contributed by atoms with van der Waals surface area (Å²) in [6.45, 7) is 16.0. The summed E-state index contributed by atoms with van der Waals surface area (Å²) < 4.78 is 0. The fourth-order valence-electron chi connectivity index (χ4n) is 6.02. The Morgan fingerprint density at radius 3 is 1.88 bits per heavy atom. The molecule has 3 nitrogen and oxygen atoms in total. The lowest BCUT2D eigenvalue weighted by Gasteiger charge is -2.59. The predicted molar refractivity (Wildman–Crippen MR) is 112 cm³/mol. The molecule has 0 aliphatic carbocycles. The molecule has 0 spiro atoms. The van der Waals surface area contributed by atoms with Crippen LogP contribution in [0.2, 0.25) is 0 Å². The van der Waals surface area contributed by atoms with E-state index in [4.69, 9.17) is 0 Å². The molecule has 3 aliphatic rings. The monoisotopic (exact) mass is 363 g/mol. The minimum atomic E-state index is 0.303. The number of rotatable bonds is 2. The van der Waals surface area contributed by atoms with Crippen molar-refractivity contribution >= 4 is 0 Å². The standard InChI is InChI=1S/C23H45N3/c1-17-12-14-19(24(7)22(17,3)4)20-11-9-10-16-26(20)21-15-13-18(2)23(5,6)25(21)8/h17-21H,9-16H2,1-8H3. The van der Waals surface area contributed by atoms with Gasteiger partial charge in [0.15, 0.2) is 0 Å². The fraction of sp³-hybridized carbons (Fsp3) is 1.00. The highest BCUT2D eigenvalue weighted by atomic mass is 15.4. The van der Waals surface area contributed by atoms with Crippen molar-refractivity contribution in [2.24, 2.45) is 11.8 Å². The SMILES string of the molecule is CC1CCC(C2CCCCN2C2CCC(C)C(C)(C)N2C)N(C)C1(C)C. The van der Waals surface area contributed by atoms with Crippen molar-refractivity contribution in [3.8, 4) is 0 Å². The molecule has 0 aromatic carbocycles. The number of hydrogen-bond acceptors (Lipinski definition) is 3. The van der Waals surface area contributed by atoms with Crippen LogP contribution in [0.4, 0.5) is 0 Å². The number of piperidine rings is 3. The maximum Gasteiger partial charge on any atom is 0.0627 e. The molecule has 0 aromatic rings. The van der Waals surface area contributed by atoms with E-state index in [-0.39, 0.29) is 0 Å². The van der Waals surface area contributed by atoms with Crippen molar-refractivity contribution in [2.75, 3.05) is 20.6 Å². The molecule has 26 heavy (non-hydrogen) atoms. The molecule has 3 heteroatoms. The summed E-state index contributed by atoms with van der Waals surface area (Å²) in [5, 5.41) is 0. The van der Waals surface area contributed by atoms with Gasteiger partial charge in [0.2, 0.25) is 0 Å². The molecule has 3 heterocycles. The molecule has 0 radical (unpaired) electrons. The summed E-state index contributed by atoms with van der Waals surface area (Å²) in [6, 6.07) is 1.45. The average molecular weight is 364 g/mol. The third kappa shape index (κ3) is 3.37. The van der Waals surface area contributed by atoms with Crippen LogP contribution in [0.15, 0.2) is 0 Å². The van der Waals surface area contributed by atoms with Crippen LogP contribution < -0.4 is 0 Å². The molecule has 3 saturated heterocycles. The second kappa shape index (κ2) is 7.37. The van der Waals surface area contributed by atoms with Crippen LogP contribution in [0, 0.1) is 11.8 Å². The zero-order valence-electron chi connectivity index (χ0n) is 18.9. The van der Waals surface area contributed by atoms with Crippen molar-refractivity contribution in [1.29, 1.82) is 0 Å². The predicted octanol–water partition coefficient (Wildman–Crippen LogP) is 4.82. The molecule has 5 unspecified atom stereocenters. The van der Waals surface area contributed by atoms with E-state index in [1.807, 2.05) is 0 Å². The third-order valence-electron chi connectivity index (χ3n) is 9.35. The molecule has 152 valence electrons. The summed E-state index contributed by atoms with van der Waals surface area (Å²) in [5.41, 5.74) is 0.620. The smallest absolute Gasteiger partial charge is 0.0627 e. The van der Waals surface area contributed by atoms with E-state index in [2.05, 4.69) is 70.3 Å². The maximum absolute atomic E-state index is 2.93. The van der Waals surface area contributed by atoms with Gasteiger partial charge in [-0.05, 0) is 98.7 Å².